The molecule has 2 unspecified atom stereocenters. The fraction of sp³-hybridized carbons (Fsp3) is 1.00. The third-order valence-electron chi connectivity index (χ3n) is 3.82. The van der Waals surface area contributed by atoms with E-state index in [1.54, 1.807) is 0 Å². The predicted molar refractivity (Wildman–Crippen MR) is 70.4 cm³/mol. The fourth-order valence-corrected chi connectivity index (χ4v) is 3.90. The molecule has 1 heterocycles. The number of rotatable bonds is 5. The first-order valence-electron chi connectivity index (χ1n) is 6.06. The molecule has 2 atom stereocenters. The zero-order chi connectivity index (χ0) is 11.5. The first kappa shape index (κ1) is 13.3. The highest BCUT2D eigenvalue weighted by Crippen LogP contribution is 2.38. The summed E-state index contributed by atoms with van der Waals surface area (Å²) >= 11 is 2.07. The van der Waals surface area contributed by atoms with E-state index in [4.69, 9.17) is 5.73 Å². The lowest BCUT2D eigenvalue weighted by Gasteiger charge is -2.41. The summed E-state index contributed by atoms with van der Waals surface area (Å²) in [5.74, 6) is 2.05. The number of hydrogen-bond acceptors (Lipinski definition) is 3. The largest absolute Gasteiger partial charge is 0.329 e. The molecule has 90 valence electrons. The van der Waals surface area contributed by atoms with Crippen molar-refractivity contribution >= 4 is 11.8 Å². The third kappa shape index (κ3) is 2.89. The molecule has 1 saturated heterocycles. The number of hydrogen-bond donors (Lipinski definition) is 1. The van der Waals surface area contributed by atoms with Crippen LogP contribution in [0.25, 0.3) is 0 Å². The van der Waals surface area contributed by atoms with Gasteiger partial charge in [-0.2, -0.15) is 11.8 Å². The van der Waals surface area contributed by atoms with Gasteiger partial charge in [-0.15, -0.1) is 0 Å². The molecule has 0 aromatic heterocycles. The van der Waals surface area contributed by atoms with Crippen LogP contribution in [0.15, 0.2) is 0 Å². The Bertz CT molecular complexity index is 196. The maximum absolute atomic E-state index is 6.01. The van der Waals surface area contributed by atoms with E-state index in [0.29, 0.717) is 5.25 Å². The molecule has 2 N–H and O–H groups in total. The van der Waals surface area contributed by atoms with Crippen LogP contribution in [0.1, 0.15) is 33.6 Å². The van der Waals surface area contributed by atoms with Crippen molar-refractivity contribution < 1.29 is 0 Å². The van der Waals surface area contributed by atoms with Crippen molar-refractivity contribution in [2.45, 2.75) is 44.4 Å². The summed E-state index contributed by atoms with van der Waals surface area (Å²) in [7, 11) is 2.25. The molecule has 0 spiro atoms. The van der Waals surface area contributed by atoms with Gasteiger partial charge in [0.25, 0.3) is 0 Å². The third-order valence-corrected chi connectivity index (χ3v) is 5.19. The second kappa shape index (κ2) is 5.55. The van der Waals surface area contributed by atoms with Gasteiger partial charge in [0.15, 0.2) is 0 Å². The minimum atomic E-state index is 0.263. The van der Waals surface area contributed by atoms with Crippen LogP contribution in [0.4, 0.5) is 0 Å². The van der Waals surface area contributed by atoms with Gasteiger partial charge in [-0.3, -0.25) is 4.90 Å². The Balaban J connectivity index is 2.57. The van der Waals surface area contributed by atoms with Crippen LogP contribution in [0.3, 0.4) is 0 Å². The van der Waals surface area contributed by atoms with Gasteiger partial charge in [-0.25, -0.2) is 0 Å². The van der Waals surface area contributed by atoms with Crippen molar-refractivity contribution in [1.82, 2.24) is 4.90 Å². The fourth-order valence-electron chi connectivity index (χ4n) is 2.37. The zero-order valence-corrected chi connectivity index (χ0v) is 11.4. The topological polar surface area (TPSA) is 29.3 Å². The summed E-state index contributed by atoms with van der Waals surface area (Å²) in [6.45, 7) is 8.89. The Hall–Kier alpha value is 0.270. The SMILES string of the molecule is CC(C)CCN(C)C1(CN)CCSC1C. The quantitative estimate of drug-likeness (QED) is 0.785. The molecule has 0 aliphatic carbocycles. The van der Waals surface area contributed by atoms with E-state index >= 15 is 0 Å². The first-order valence-corrected chi connectivity index (χ1v) is 7.10. The molecule has 1 aliphatic heterocycles. The van der Waals surface area contributed by atoms with E-state index in [1.165, 1.54) is 25.1 Å². The van der Waals surface area contributed by atoms with Crippen LogP contribution >= 0.6 is 11.8 Å². The van der Waals surface area contributed by atoms with E-state index < -0.39 is 0 Å². The lowest BCUT2D eigenvalue weighted by molar-refractivity contribution is 0.123. The van der Waals surface area contributed by atoms with E-state index in [2.05, 4.69) is 44.5 Å². The molecule has 0 aromatic rings. The molecule has 1 rings (SSSR count). The minimum Gasteiger partial charge on any atom is -0.329 e. The zero-order valence-electron chi connectivity index (χ0n) is 10.6. The molecule has 0 saturated carbocycles. The Morgan fingerprint density at radius 1 is 1.53 bits per heavy atom. The van der Waals surface area contributed by atoms with Crippen molar-refractivity contribution in [1.29, 1.82) is 0 Å². The van der Waals surface area contributed by atoms with Gasteiger partial charge in [-0.1, -0.05) is 20.8 Å². The molecule has 0 bridgehead atoms. The summed E-state index contributed by atoms with van der Waals surface area (Å²) in [4.78, 5) is 2.51. The summed E-state index contributed by atoms with van der Waals surface area (Å²) in [5.41, 5.74) is 6.27. The molecule has 1 fully saturated rings. The minimum absolute atomic E-state index is 0.263. The van der Waals surface area contributed by atoms with Crippen molar-refractivity contribution in [3.05, 3.63) is 0 Å². The monoisotopic (exact) mass is 230 g/mol. The maximum atomic E-state index is 6.01. The Morgan fingerprint density at radius 3 is 2.60 bits per heavy atom. The van der Waals surface area contributed by atoms with Crippen LogP contribution in [0.2, 0.25) is 0 Å². The first-order chi connectivity index (χ1) is 7.03. The average molecular weight is 230 g/mol. The summed E-state index contributed by atoms with van der Waals surface area (Å²) < 4.78 is 0. The van der Waals surface area contributed by atoms with Gasteiger partial charge in [0.05, 0.1) is 0 Å². The van der Waals surface area contributed by atoms with Gasteiger partial charge in [0, 0.05) is 17.3 Å². The van der Waals surface area contributed by atoms with E-state index in [0.717, 1.165) is 12.5 Å². The highest BCUT2D eigenvalue weighted by molar-refractivity contribution is 8.00. The average Bonchev–Trinajstić information content (AvgIpc) is 2.57. The Labute approximate surface area is 99.0 Å². The molecule has 0 aromatic carbocycles. The van der Waals surface area contributed by atoms with Gasteiger partial charge < -0.3 is 5.73 Å². The molecule has 2 nitrogen and oxygen atoms in total. The van der Waals surface area contributed by atoms with Crippen molar-refractivity contribution in [3.8, 4) is 0 Å². The summed E-state index contributed by atoms with van der Waals surface area (Å²) in [6.07, 6.45) is 2.53. The van der Waals surface area contributed by atoms with Crippen LogP contribution in [-0.4, -0.2) is 41.6 Å². The van der Waals surface area contributed by atoms with Crippen LogP contribution in [-0.2, 0) is 0 Å². The van der Waals surface area contributed by atoms with E-state index in [-0.39, 0.29) is 5.54 Å². The Morgan fingerprint density at radius 2 is 2.20 bits per heavy atom. The highest BCUT2D eigenvalue weighted by atomic mass is 32.2. The highest BCUT2D eigenvalue weighted by Gasteiger charge is 2.42. The number of thioether (sulfide) groups is 1. The van der Waals surface area contributed by atoms with Crippen molar-refractivity contribution in [2.75, 3.05) is 25.9 Å². The molecule has 3 heteroatoms. The molecule has 15 heavy (non-hydrogen) atoms. The Kier molecular flexibility index (Phi) is 4.94. The molecular formula is C12H26N2S. The number of likely N-dealkylation sites (N-methyl/N-ethyl adjacent to an activating group) is 1. The summed E-state index contributed by atoms with van der Waals surface area (Å²) in [5, 5.41) is 0.680. The van der Waals surface area contributed by atoms with Crippen molar-refractivity contribution in [2.24, 2.45) is 11.7 Å². The molecule has 0 radical (unpaired) electrons. The maximum Gasteiger partial charge on any atom is 0.0452 e. The van der Waals surface area contributed by atoms with Gasteiger partial charge in [-0.05, 0) is 38.1 Å². The molecular weight excluding hydrogens is 204 g/mol. The van der Waals surface area contributed by atoms with Crippen LogP contribution in [0.5, 0.6) is 0 Å². The second-order valence-corrected chi connectivity index (χ2v) is 6.62. The van der Waals surface area contributed by atoms with Gasteiger partial charge in [0.2, 0.25) is 0 Å². The van der Waals surface area contributed by atoms with E-state index in [9.17, 15) is 0 Å². The van der Waals surface area contributed by atoms with E-state index in [1.807, 2.05) is 0 Å². The lowest BCUT2D eigenvalue weighted by atomic mass is 9.90. The number of nitrogens with two attached hydrogens (primary N) is 1. The molecule has 1 aliphatic rings. The van der Waals surface area contributed by atoms with Crippen LogP contribution in [0, 0.1) is 5.92 Å². The van der Waals surface area contributed by atoms with Gasteiger partial charge in [0.1, 0.15) is 0 Å². The van der Waals surface area contributed by atoms with Crippen LogP contribution < -0.4 is 5.73 Å². The molecule has 0 amide bonds. The lowest BCUT2D eigenvalue weighted by Crippen LogP contribution is -2.56. The van der Waals surface area contributed by atoms with Gasteiger partial charge >= 0.3 is 0 Å². The van der Waals surface area contributed by atoms with Crippen molar-refractivity contribution in [3.63, 3.8) is 0 Å². The smallest absolute Gasteiger partial charge is 0.0452 e. The normalized spacial score (nSPS) is 31.8. The summed E-state index contributed by atoms with van der Waals surface area (Å²) in [6, 6.07) is 0. The second-order valence-electron chi connectivity index (χ2n) is 5.17. The predicted octanol–water partition coefficient (Wildman–Crippen LogP) is 2.19. The number of nitrogens with zero attached hydrogens (tertiary/aromatic N) is 1. The standard InChI is InChI=1S/C12H26N2S/c1-10(2)5-7-14(4)12(9-13)6-8-15-11(12)3/h10-11H,5-9,13H2,1-4H3.